The molecular weight excluding hydrogens is 286 g/mol. The van der Waals surface area contributed by atoms with Gasteiger partial charge in [0.05, 0.1) is 4.92 Å². The van der Waals surface area contributed by atoms with Crippen LogP contribution >= 0.6 is 34.7 Å². The maximum Gasteiger partial charge on any atom is 0.320 e. The van der Waals surface area contributed by atoms with Crippen molar-refractivity contribution in [2.24, 2.45) is 0 Å². The molecule has 0 aromatic carbocycles. The molecule has 88 valence electrons. The van der Waals surface area contributed by atoms with Crippen LogP contribution in [0.2, 0.25) is 5.28 Å². The predicted octanol–water partition coefficient (Wildman–Crippen LogP) is 2.35. The molecule has 0 aliphatic carbocycles. The van der Waals surface area contributed by atoms with Crippen molar-refractivity contribution >= 4 is 40.4 Å². The summed E-state index contributed by atoms with van der Waals surface area (Å²) in [5, 5.41) is 19.3. The number of halogens is 1. The summed E-state index contributed by atoms with van der Waals surface area (Å²) in [6.07, 6.45) is 1.07. The average Bonchev–Trinajstić information content (AvgIpc) is 2.63. The Morgan fingerprint density at radius 2 is 2.29 bits per heavy atom. The van der Waals surface area contributed by atoms with Crippen molar-refractivity contribution in [3.8, 4) is 0 Å². The summed E-state index contributed by atoms with van der Waals surface area (Å²) in [5.74, 6) is 0. The molecule has 0 unspecified atom stereocenters. The highest BCUT2D eigenvalue weighted by Crippen LogP contribution is 2.34. The molecule has 2 heterocycles. The molecule has 10 heteroatoms. The third-order valence-corrected chi connectivity index (χ3v) is 3.66. The maximum absolute atomic E-state index is 10.8. The van der Waals surface area contributed by atoms with Gasteiger partial charge in [-0.2, -0.15) is 0 Å². The van der Waals surface area contributed by atoms with Crippen LogP contribution < -0.4 is 0 Å². The maximum atomic E-state index is 10.8. The molecule has 0 atom stereocenters. The van der Waals surface area contributed by atoms with Crippen molar-refractivity contribution in [3.63, 3.8) is 0 Å². The molecule has 0 N–H and O–H groups in total. The van der Waals surface area contributed by atoms with E-state index in [1.165, 1.54) is 11.3 Å². The van der Waals surface area contributed by atoms with Crippen molar-refractivity contribution in [1.82, 2.24) is 20.2 Å². The first-order valence-corrected chi connectivity index (χ1v) is 6.22. The lowest BCUT2D eigenvalue weighted by Gasteiger charge is -1.98. The van der Waals surface area contributed by atoms with E-state index < -0.39 is 4.92 Å². The first-order chi connectivity index (χ1) is 8.06. The Morgan fingerprint density at radius 1 is 1.53 bits per heavy atom. The Morgan fingerprint density at radius 3 is 2.88 bits per heavy atom. The van der Waals surface area contributed by atoms with Crippen molar-refractivity contribution < 1.29 is 4.92 Å². The molecule has 0 saturated heterocycles. The molecule has 0 radical (unpaired) electrons. The van der Waals surface area contributed by atoms with Gasteiger partial charge in [-0.25, -0.2) is 9.97 Å². The smallest absolute Gasteiger partial charge is 0.258 e. The third kappa shape index (κ3) is 2.87. The Kier molecular flexibility index (Phi) is 3.50. The van der Waals surface area contributed by atoms with Crippen LogP contribution in [0, 0.1) is 17.0 Å². The molecule has 0 amide bonds. The molecule has 0 bridgehead atoms. The van der Waals surface area contributed by atoms with Crippen LogP contribution in [0.4, 0.5) is 5.69 Å². The molecular formula is C7H4ClN5O2S2. The molecule has 17 heavy (non-hydrogen) atoms. The third-order valence-electron chi connectivity index (χ3n) is 1.59. The number of hydrogen-bond donors (Lipinski definition) is 0. The van der Waals surface area contributed by atoms with Gasteiger partial charge < -0.3 is 0 Å². The first-order valence-electron chi connectivity index (χ1n) is 4.21. The Bertz CT molecular complexity index is 575. The van der Waals surface area contributed by atoms with Gasteiger partial charge >= 0.3 is 5.69 Å². The van der Waals surface area contributed by atoms with E-state index in [1.807, 2.05) is 0 Å². The van der Waals surface area contributed by atoms with Crippen molar-refractivity contribution in [3.05, 3.63) is 26.6 Å². The van der Waals surface area contributed by atoms with E-state index in [2.05, 4.69) is 20.2 Å². The highest BCUT2D eigenvalue weighted by atomic mass is 35.5. The van der Waals surface area contributed by atoms with E-state index in [0.717, 1.165) is 23.0 Å². The topological polar surface area (TPSA) is 94.7 Å². The van der Waals surface area contributed by atoms with Crippen molar-refractivity contribution in [2.45, 2.75) is 16.3 Å². The van der Waals surface area contributed by atoms with Gasteiger partial charge in [0, 0.05) is 0 Å². The largest absolute Gasteiger partial charge is 0.320 e. The SMILES string of the molecule is Cc1nnc(Sc2nc(Cl)ncc2[N+](=O)[O-])s1. The second-order valence-corrected chi connectivity index (χ2v) is 5.53. The summed E-state index contributed by atoms with van der Waals surface area (Å²) in [7, 11) is 0. The molecule has 2 aromatic heterocycles. The quantitative estimate of drug-likeness (QED) is 0.370. The number of nitrogens with zero attached hydrogens (tertiary/aromatic N) is 5. The zero-order valence-corrected chi connectivity index (χ0v) is 10.7. The summed E-state index contributed by atoms with van der Waals surface area (Å²) < 4.78 is 0.570. The monoisotopic (exact) mass is 289 g/mol. The van der Waals surface area contributed by atoms with Crippen molar-refractivity contribution in [1.29, 1.82) is 0 Å². The van der Waals surface area contributed by atoms with Crippen LogP contribution in [-0.4, -0.2) is 25.1 Å². The van der Waals surface area contributed by atoms with Gasteiger partial charge in [0.25, 0.3) is 0 Å². The van der Waals surface area contributed by atoms with Crippen LogP contribution in [0.25, 0.3) is 0 Å². The van der Waals surface area contributed by atoms with E-state index in [-0.39, 0.29) is 16.0 Å². The van der Waals surface area contributed by atoms with E-state index >= 15 is 0 Å². The lowest BCUT2D eigenvalue weighted by Crippen LogP contribution is -1.95. The Labute approximate surface area is 108 Å². The molecule has 2 rings (SSSR count). The summed E-state index contributed by atoms with van der Waals surface area (Å²) >= 11 is 7.97. The van der Waals surface area contributed by atoms with Crippen LogP contribution in [0.15, 0.2) is 15.6 Å². The molecule has 0 fully saturated rings. The normalized spacial score (nSPS) is 10.5. The lowest BCUT2D eigenvalue weighted by atomic mass is 10.6. The highest BCUT2D eigenvalue weighted by Gasteiger charge is 2.19. The number of rotatable bonds is 3. The van der Waals surface area contributed by atoms with E-state index in [0.29, 0.717) is 4.34 Å². The zero-order chi connectivity index (χ0) is 12.4. The summed E-state index contributed by atoms with van der Waals surface area (Å²) in [6, 6.07) is 0. The predicted molar refractivity (Wildman–Crippen MR) is 62.5 cm³/mol. The first kappa shape index (κ1) is 12.1. The molecule has 0 saturated carbocycles. The average molecular weight is 290 g/mol. The van der Waals surface area contributed by atoms with Gasteiger partial charge in [0.2, 0.25) is 5.28 Å². The number of hydrogen-bond acceptors (Lipinski definition) is 8. The number of aryl methyl sites for hydroxylation is 1. The van der Waals surface area contributed by atoms with Gasteiger partial charge in [0.1, 0.15) is 11.2 Å². The standard InChI is InChI=1S/C7H4ClN5O2S2/c1-3-11-12-7(16-3)17-5-4(13(14)15)2-9-6(8)10-5/h2H,1H3. The molecule has 2 aromatic rings. The Balaban J connectivity index is 2.37. The molecule has 0 aliphatic rings. The Hall–Kier alpha value is -1.32. The van der Waals surface area contributed by atoms with Gasteiger partial charge in [0.15, 0.2) is 9.37 Å². The van der Waals surface area contributed by atoms with Crippen LogP contribution in [0.5, 0.6) is 0 Å². The van der Waals surface area contributed by atoms with Gasteiger partial charge in [-0.05, 0) is 30.3 Å². The summed E-state index contributed by atoms with van der Waals surface area (Å²) in [6.45, 7) is 1.79. The summed E-state index contributed by atoms with van der Waals surface area (Å²) in [4.78, 5) is 17.6. The van der Waals surface area contributed by atoms with Gasteiger partial charge in [-0.1, -0.05) is 11.3 Å². The molecule has 0 spiro atoms. The fourth-order valence-corrected chi connectivity index (χ4v) is 2.92. The number of nitro groups is 1. The zero-order valence-electron chi connectivity index (χ0n) is 8.32. The fourth-order valence-electron chi connectivity index (χ4n) is 0.942. The van der Waals surface area contributed by atoms with Gasteiger partial charge in [-0.3, -0.25) is 10.1 Å². The van der Waals surface area contributed by atoms with Crippen LogP contribution in [0.1, 0.15) is 5.01 Å². The van der Waals surface area contributed by atoms with E-state index in [9.17, 15) is 10.1 Å². The molecule has 0 aliphatic heterocycles. The fraction of sp³-hybridized carbons (Fsp3) is 0.143. The minimum atomic E-state index is -0.563. The minimum absolute atomic E-state index is 0.0423. The second kappa shape index (κ2) is 4.90. The van der Waals surface area contributed by atoms with Crippen molar-refractivity contribution in [2.75, 3.05) is 0 Å². The van der Waals surface area contributed by atoms with Crippen LogP contribution in [0.3, 0.4) is 0 Å². The lowest BCUT2D eigenvalue weighted by molar-refractivity contribution is -0.388. The van der Waals surface area contributed by atoms with Gasteiger partial charge in [-0.15, -0.1) is 10.2 Å². The number of aromatic nitrogens is 4. The highest BCUT2D eigenvalue weighted by molar-refractivity contribution is 8.01. The minimum Gasteiger partial charge on any atom is -0.258 e. The van der Waals surface area contributed by atoms with E-state index in [1.54, 1.807) is 6.92 Å². The summed E-state index contributed by atoms with van der Waals surface area (Å²) in [5.41, 5.74) is -0.202. The van der Waals surface area contributed by atoms with E-state index in [4.69, 9.17) is 11.6 Å². The second-order valence-electron chi connectivity index (χ2n) is 2.78. The molecule has 7 nitrogen and oxygen atoms in total. The van der Waals surface area contributed by atoms with Crippen LogP contribution in [-0.2, 0) is 0 Å².